The summed E-state index contributed by atoms with van der Waals surface area (Å²) in [7, 11) is 2.20. The number of halogens is 2. The summed E-state index contributed by atoms with van der Waals surface area (Å²) >= 11 is 0. The van der Waals surface area contributed by atoms with Crippen molar-refractivity contribution in [2.45, 2.75) is 79.3 Å². The molecule has 41 heavy (non-hydrogen) atoms. The predicted octanol–water partition coefficient (Wildman–Crippen LogP) is 7.34. The normalized spacial score (nSPS) is 18.7. The lowest BCUT2D eigenvalue weighted by Crippen LogP contribution is -2.46. The topological polar surface area (TPSA) is 56.7 Å². The minimum absolute atomic E-state index is 0.0555. The quantitative estimate of drug-likeness (QED) is 0.340. The average Bonchev–Trinajstić information content (AvgIpc) is 2.91. The van der Waals surface area contributed by atoms with Gasteiger partial charge < -0.3 is 10.2 Å². The molecule has 0 aliphatic carbocycles. The fourth-order valence-corrected chi connectivity index (χ4v) is 5.36. The van der Waals surface area contributed by atoms with Crippen LogP contribution in [0.2, 0.25) is 0 Å². The summed E-state index contributed by atoms with van der Waals surface area (Å²) in [5.74, 6) is -0.611. The lowest BCUT2D eigenvalue weighted by atomic mass is 9.94. The first kappa shape index (κ1) is 31.0. The van der Waals surface area contributed by atoms with Crippen LogP contribution in [0.5, 0.6) is 0 Å². The van der Waals surface area contributed by atoms with Crippen LogP contribution in [-0.2, 0) is 0 Å². The number of hydrogen-bond acceptors (Lipinski definition) is 6. The third-order valence-electron chi connectivity index (χ3n) is 8.43. The van der Waals surface area contributed by atoms with Crippen molar-refractivity contribution < 1.29 is 8.78 Å². The van der Waals surface area contributed by atoms with Gasteiger partial charge in [0, 0.05) is 30.4 Å². The van der Waals surface area contributed by atoms with E-state index in [0.717, 1.165) is 44.5 Å². The number of hydrogen-bond donors (Lipinski definition) is 1. The van der Waals surface area contributed by atoms with E-state index in [1.54, 1.807) is 13.0 Å². The van der Waals surface area contributed by atoms with Crippen molar-refractivity contribution >= 4 is 17.3 Å². The fourth-order valence-electron chi connectivity index (χ4n) is 5.36. The van der Waals surface area contributed by atoms with Crippen LogP contribution < -0.4 is 5.32 Å². The van der Waals surface area contributed by atoms with Crippen molar-refractivity contribution in [3.05, 3.63) is 58.8 Å². The zero-order chi connectivity index (χ0) is 29.9. The highest BCUT2D eigenvalue weighted by Crippen LogP contribution is 2.32. The Morgan fingerprint density at radius 2 is 1.83 bits per heavy atom. The van der Waals surface area contributed by atoms with Gasteiger partial charge in [0.2, 0.25) is 5.95 Å². The highest BCUT2D eigenvalue weighted by molar-refractivity contribution is 5.87. The first-order valence-corrected chi connectivity index (χ1v) is 14.8. The number of piperidine rings is 1. The Morgan fingerprint density at radius 3 is 2.49 bits per heavy atom. The molecule has 222 valence electrons. The summed E-state index contributed by atoms with van der Waals surface area (Å²) in [5.41, 5.74) is 4.44. The summed E-state index contributed by atoms with van der Waals surface area (Å²) < 4.78 is 30.0. The molecule has 2 aliphatic heterocycles. The minimum Gasteiger partial charge on any atom is -0.346 e. The Morgan fingerprint density at radius 1 is 1.12 bits per heavy atom. The molecule has 8 heteroatoms. The molecule has 2 aromatic rings. The van der Waals surface area contributed by atoms with Gasteiger partial charge in [0.15, 0.2) is 5.82 Å². The molecular formula is C33H46F2N6. The van der Waals surface area contributed by atoms with Crippen molar-refractivity contribution in [1.82, 2.24) is 19.8 Å². The van der Waals surface area contributed by atoms with Gasteiger partial charge in [-0.2, -0.15) is 0 Å². The molecule has 4 rings (SSSR count). The standard InChI is InChI=1S/C33H46F2N6/c1-21(2)24(5)37-30-23(4)17-26(18-28(30)34)31-29(35)19-36-32(38-31)39-33(6,7)13-9-25-20-41(16-10-22(25)3)27-11-14-40(8)15-12-27/h9,13,17-19,21,27H,10-12,14-16,20H2,1-8H3,(H,36,38,39)/b13-9-,37-24?. The Hall–Kier alpha value is -2.97. The average molecular weight is 565 g/mol. The van der Waals surface area contributed by atoms with Crippen LogP contribution in [0.3, 0.4) is 0 Å². The van der Waals surface area contributed by atoms with Crippen molar-refractivity contribution in [2.24, 2.45) is 10.9 Å². The highest BCUT2D eigenvalue weighted by atomic mass is 19.1. The molecule has 1 fully saturated rings. The maximum absolute atomic E-state index is 15.1. The number of anilines is 1. The molecule has 0 bridgehead atoms. The molecule has 6 nitrogen and oxygen atoms in total. The number of nitrogens with zero attached hydrogens (tertiary/aromatic N) is 5. The molecule has 0 unspecified atom stereocenters. The van der Waals surface area contributed by atoms with Gasteiger partial charge >= 0.3 is 0 Å². The van der Waals surface area contributed by atoms with E-state index in [0.29, 0.717) is 17.2 Å². The van der Waals surface area contributed by atoms with Gasteiger partial charge in [0.1, 0.15) is 17.2 Å². The van der Waals surface area contributed by atoms with Crippen LogP contribution in [-0.4, -0.2) is 70.3 Å². The third-order valence-corrected chi connectivity index (χ3v) is 8.43. The van der Waals surface area contributed by atoms with E-state index in [2.05, 4.69) is 56.2 Å². The lowest BCUT2D eigenvalue weighted by Gasteiger charge is -2.40. The zero-order valence-electron chi connectivity index (χ0n) is 26.0. The van der Waals surface area contributed by atoms with E-state index in [-0.39, 0.29) is 23.2 Å². The van der Waals surface area contributed by atoms with E-state index >= 15 is 4.39 Å². The molecular weight excluding hydrogens is 518 g/mol. The molecule has 0 radical (unpaired) electrons. The van der Waals surface area contributed by atoms with Gasteiger partial charge in [0.05, 0.1) is 11.7 Å². The summed E-state index contributed by atoms with van der Waals surface area (Å²) in [6.45, 7) is 18.4. The number of nitrogens with one attached hydrogen (secondary N) is 1. The fraction of sp³-hybridized carbons (Fsp3) is 0.545. The second-order valence-electron chi connectivity index (χ2n) is 12.7. The van der Waals surface area contributed by atoms with Gasteiger partial charge in [-0.25, -0.2) is 18.7 Å². The van der Waals surface area contributed by atoms with Gasteiger partial charge in [0.25, 0.3) is 0 Å². The molecule has 1 aromatic heterocycles. The number of rotatable bonds is 8. The van der Waals surface area contributed by atoms with Crippen LogP contribution in [0, 0.1) is 24.5 Å². The van der Waals surface area contributed by atoms with Crippen LogP contribution in [0.25, 0.3) is 11.3 Å². The Labute approximate surface area is 244 Å². The van der Waals surface area contributed by atoms with Gasteiger partial charge in [-0.15, -0.1) is 0 Å². The molecule has 0 spiro atoms. The molecule has 1 aromatic carbocycles. The Bertz CT molecular complexity index is 1310. The largest absolute Gasteiger partial charge is 0.346 e. The Kier molecular flexibility index (Phi) is 9.75. The number of likely N-dealkylation sites (tertiary alicyclic amines) is 1. The summed E-state index contributed by atoms with van der Waals surface area (Å²) in [4.78, 5) is 18.2. The summed E-state index contributed by atoms with van der Waals surface area (Å²) in [6.07, 6.45) is 9.01. The highest BCUT2D eigenvalue weighted by Gasteiger charge is 2.26. The van der Waals surface area contributed by atoms with Gasteiger partial charge in [-0.1, -0.05) is 31.6 Å². The van der Waals surface area contributed by atoms with E-state index in [1.807, 2.05) is 34.6 Å². The minimum atomic E-state index is -0.603. The van der Waals surface area contributed by atoms with Crippen molar-refractivity contribution in [3.8, 4) is 11.3 Å². The van der Waals surface area contributed by atoms with E-state index in [9.17, 15) is 4.39 Å². The van der Waals surface area contributed by atoms with Crippen molar-refractivity contribution in [2.75, 3.05) is 38.5 Å². The van der Waals surface area contributed by atoms with Crippen molar-refractivity contribution in [3.63, 3.8) is 0 Å². The van der Waals surface area contributed by atoms with Crippen LogP contribution in [0.1, 0.15) is 66.4 Å². The van der Waals surface area contributed by atoms with Crippen LogP contribution in [0.4, 0.5) is 20.4 Å². The summed E-state index contributed by atoms with van der Waals surface area (Å²) in [5, 5.41) is 3.34. The maximum atomic E-state index is 15.1. The summed E-state index contributed by atoms with van der Waals surface area (Å²) in [6, 6.07) is 3.67. The predicted molar refractivity (Wildman–Crippen MR) is 166 cm³/mol. The Balaban J connectivity index is 1.50. The zero-order valence-corrected chi connectivity index (χ0v) is 26.0. The van der Waals surface area contributed by atoms with E-state index in [4.69, 9.17) is 0 Å². The second-order valence-corrected chi connectivity index (χ2v) is 12.7. The molecule has 0 saturated carbocycles. The molecule has 0 atom stereocenters. The molecule has 1 saturated heterocycles. The number of benzene rings is 1. The number of aliphatic imine (C=N–C) groups is 1. The van der Waals surface area contributed by atoms with E-state index in [1.165, 1.54) is 30.1 Å². The maximum Gasteiger partial charge on any atom is 0.224 e. The van der Waals surface area contributed by atoms with E-state index < -0.39 is 17.2 Å². The van der Waals surface area contributed by atoms with Gasteiger partial charge in [-0.3, -0.25) is 9.89 Å². The second kappa shape index (κ2) is 12.9. The number of aromatic nitrogens is 2. The first-order valence-electron chi connectivity index (χ1n) is 14.8. The molecule has 0 amide bonds. The number of aryl methyl sites for hydroxylation is 1. The molecule has 1 N–H and O–H groups in total. The van der Waals surface area contributed by atoms with Crippen molar-refractivity contribution in [1.29, 1.82) is 0 Å². The van der Waals surface area contributed by atoms with Crippen LogP contribution >= 0.6 is 0 Å². The molecule has 3 heterocycles. The molecule has 2 aliphatic rings. The van der Waals surface area contributed by atoms with Crippen LogP contribution in [0.15, 0.2) is 46.6 Å². The third kappa shape index (κ3) is 7.86. The first-order chi connectivity index (χ1) is 19.3. The monoisotopic (exact) mass is 564 g/mol. The smallest absolute Gasteiger partial charge is 0.224 e. The lowest BCUT2D eigenvalue weighted by molar-refractivity contribution is 0.126. The SMILES string of the molecule is CC(=Nc1c(C)cc(-c2nc(NC(C)(C)/C=C\C3=C(C)CCN(C4CCN(C)CC4)C3)ncc2F)cc1F)C(C)C. The van der Waals surface area contributed by atoms with Gasteiger partial charge in [-0.05, 0) is 103 Å².